The highest BCUT2D eigenvalue weighted by atomic mass is 32.2. The summed E-state index contributed by atoms with van der Waals surface area (Å²) in [6.45, 7) is 0. The molecule has 0 fully saturated rings. The SMILES string of the molecule is O=c1oc2cc(-c3ccc4c(c3)c3ccccc3n4-c3ccccc3)ccc2c2ccc(-c3cccc4oc5ccccc5c34)cc12.O=c1oc2cc(-c3ccc4c(c3)c3ccccc3n4-c3ccccc3)ccc2c2ccc(OS(=O)(=O)C(F)(F)F)cc12.OB(O)c1cccc2oc3ccccc3c12. The van der Waals surface area contributed by atoms with Crippen molar-refractivity contribution in [1.82, 2.24) is 9.13 Å². The first-order valence-electron chi connectivity index (χ1n) is 33.5. The largest absolute Gasteiger partial charge is 0.534 e. The second-order valence-corrected chi connectivity index (χ2v) is 27.0. The highest BCUT2D eigenvalue weighted by molar-refractivity contribution is 7.88. The summed E-state index contributed by atoms with van der Waals surface area (Å²) in [6, 6.07) is 97.7. The average Bonchev–Trinajstić information content (AvgIpc) is 1.63. The number of hydrogen-bond acceptors (Lipinski definition) is 11. The minimum Gasteiger partial charge on any atom is -0.456 e. The predicted octanol–water partition coefficient (Wildman–Crippen LogP) is 20.5. The minimum atomic E-state index is -5.89. The zero-order valence-electron chi connectivity index (χ0n) is 55.0. The van der Waals surface area contributed by atoms with Gasteiger partial charge in [-0.1, -0.05) is 170 Å². The third-order valence-corrected chi connectivity index (χ3v) is 20.3. The Labute approximate surface area is 593 Å². The maximum atomic E-state index is 13.5. The van der Waals surface area contributed by atoms with Crippen LogP contribution in [-0.4, -0.2) is 40.2 Å². The highest BCUT2D eigenvalue weighted by Gasteiger charge is 2.48. The molecule has 0 unspecified atom stereocenters. The molecule has 6 aromatic heterocycles. The van der Waals surface area contributed by atoms with E-state index < -0.39 is 34.1 Å². The van der Waals surface area contributed by atoms with E-state index in [9.17, 15) is 41.2 Å². The zero-order valence-corrected chi connectivity index (χ0v) is 55.8. The van der Waals surface area contributed by atoms with E-state index in [1.165, 1.54) is 22.4 Å². The van der Waals surface area contributed by atoms with E-state index in [4.69, 9.17) is 17.7 Å². The Bertz CT molecular complexity index is 7180. The van der Waals surface area contributed by atoms with Gasteiger partial charge in [0.2, 0.25) is 0 Å². The lowest BCUT2D eigenvalue weighted by Crippen LogP contribution is -2.30. The van der Waals surface area contributed by atoms with Crippen molar-refractivity contribution in [3.8, 4) is 50.5 Å². The van der Waals surface area contributed by atoms with Crippen LogP contribution >= 0.6 is 0 Å². The van der Waals surface area contributed by atoms with Gasteiger partial charge in [-0.05, 0) is 178 Å². The number of para-hydroxylation sites is 6. The van der Waals surface area contributed by atoms with Gasteiger partial charge in [-0.25, -0.2) is 9.59 Å². The van der Waals surface area contributed by atoms with Crippen LogP contribution in [0.5, 0.6) is 5.75 Å². The molecule has 105 heavy (non-hydrogen) atoms. The number of benzene rings is 14. The molecule has 18 heteroatoms. The lowest BCUT2D eigenvalue weighted by Gasteiger charge is -2.11. The molecule has 0 saturated carbocycles. The van der Waals surface area contributed by atoms with Gasteiger partial charge in [0.25, 0.3) is 0 Å². The van der Waals surface area contributed by atoms with E-state index in [1.807, 2.05) is 127 Å². The topological polar surface area (TPSA) is 180 Å². The van der Waals surface area contributed by atoms with Gasteiger partial charge >= 0.3 is 34.0 Å². The maximum Gasteiger partial charge on any atom is 0.534 e. The first-order valence-corrected chi connectivity index (χ1v) is 34.9. The number of hydrogen-bond donors (Lipinski definition) is 2. The summed E-state index contributed by atoms with van der Waals surface area (Å²) in [6.07, 6.45) is 0. The Balaban J connectivity index is 0.000000124. The molecule has 20 rings (SSSR count). The predicted molar refractivity (Wildman–Crippen MR) is 411 cm³/mol. The fourth-order valence-corrected chi connectivity index (χ4v) is 15.1. The van der Waals surface area contributed by atoms with Crippen LogP contribution in [0, 0.1) is 0 Å². The summed E-state index contributed by atoms with van der Waals surface area (Å²) in [5.74, 6) is -0.647. The lowest BCUT2D eigenvalue weighted by atomic mass is 9.77. The monoisotopic (exact) mass is 1400 g/mol. The van der Waals surface area contributed by atoms with Crippen molar-refractivity contribution in [1.29, 1.82) is 0 Å². The Morgan fingerprint density at radius 3 is 1.26 bits per heavy atom. The molecule has 0 radical (unpaired) electrons. The molecule has 0 aliphatic carbocycles. The first-order chi connectivity index (χ1) is 51.1. The molecule has 506 valence electrons. The molecule has 0 aliphatic heterocycles. The second kappa shape index (κ2) is 25.1. The van der Waals surface area contributed by atoms with Crippen LogP contribution in [0.4, 0.5) is 13.2 Å². The Hall–Kier alpha value is -13.3. The summed E-state index contributed by atoms with van der Waals surface area (Å²) in [5.41, 5.74) is 9.92. The fourth-order valence-electron chi connectivity index (χ4n) is 14.6. The van der Waals surface area contributed by atoms with E-state index in [0.29, 0.717) is 32.8 Å². The highest BCUT2D eigenvalue weighted by Crippen LogP contribution is 2.42. The van der Waals surface area contributed by atoms with E-state index in [1.54, 1.807) is 24.3 Å². The Kier molecular flexibility index (Phi) is 15.3. The molecule has 0 bridgehead atoms. The first kappa shape index (κ1) is 63.9. The number of alkyl halides is 3. The van der Waals surface area contributed by atoms with Crippen LogP contribution in [0.2, 0.25) is 0 Å². The normalized spacial score (nSPS) is 12.0. The van der Waals surface area contributed by atoms with Crippen LogP contribution in [0.1, 0.15) is 0 Å². The van der Waals surface area contributed by atoms with E-state index in [0.717, 1.165) is 133 Å². The van der Waals surface area contributed by atoms with Crippen molar-refractivity contribution in [2.45, 2.75) is 5.51 Å². The Morgan fingerprint density at radius 2 is 0.724 bits per heavy atom. The van der Waals surface area contributed by atoms with Gasteiger partial charge in [0.05, 0.1) is 32.8 Å². The quantitative estimate of drug-likeness (QED) is 0.0486. The van der Waals surface area contributed by atoms with Gasteiger partial charge < -0.3 is 41.0 Å². The number of rotatable bonds is 8. The van der Waals surface area contributed by atoms with Gasteiger partial charge in [-0.2, -0.15) is 21.6 Å². The van der Waals surface area contributed by atoms with Gasteiger partial charge in [0, 0.05) is 70.6 Å². The van der Waals surface area contributed by atoms with Crippen LogP contribution in [-0.2, 0) is 10.1 Å². The third-order valence-electron chi connectivity index (χ3n) is 19.4. The van der Waals surface area contributed by atoms with Crippen LogP contribution in [0.15, 0.2) is 331 Å². The van der Waals surface area contributed by atoms with Crippen molar-refractivity contribution in [2.24, 2.45) is 0 Å². The molecule has 0 spiro atoms. The summed E-state index contributed by atoms with van der Waals surface area (Å²) in [7, 11) is -7.37. The van der Waals surface area contributed by atoms with Crippen molar-refractivity contribution >= 4 is 154 Å². The maximum absolute atomic E-state index is 13.5. The van der Waals surface area contributed by atoms with Gasteiger partial charge in [-0.15, -0.1) is 0 Å². The zero-order chi connectivity index (χ0) is 71.4. The second-order valence-electron chi connectivity index (χ2n) is 25.5. The van der Waals surface area contributed by atoms with Crippen molar-refractivity contribution in [3.05, 3.63) is 324 Å². The summed E-state index contributed by atoms with van der Waals surface area (Å²) in [4.78, 5) is 26.3. The van der Waals surface area contributed by atoms with Crippen molar-refractivity contribution in [3.63, 3.8) is 0 Å². The Morgan fingerprint density at radius 1 is 0.324 bits per heavy atom. The molecule has 0 aliphatic rings. The smallest absolute Gasteiger partial charge is 0.456 e. The standard InChI is InChI=1S/C43H25NO3.C32H18F3NO5S.C12H9BO3/c45-43-36-24-28(30-13-8-16-40-42(30)34-12-5-7-15-39(34)46-40)18-20-31(36)33-21-17-27(25-41(33)47-43)26-19-22-38-35(23-26)32-11-4-6-14-37(32)44(38)29-9-2-1-3-10-29;33-32(34,35)42(38,39)41-22-12-14-23-25-13-10-20(17-30(25)40-31(37)27(23)18-22)19-11-15-29-26(16-19)24-8-4-5-9-28(24)36(29)21-6-2-1-3-7-21;14-13(15)9-5-3-7-11-12(9)8-4-1-2-6-10(8)16-11/h1-25H;1-18H;1-7,14-15H. The molecule has 2 N–H and O–H groups in total. The number of fused-ring (bicyclic) bond motifs is 18. The van der Waals surface area contributed by atoms with Crippen molar-refractivity contribution in [2.75, 3.05) is 0 Å². The number of halogens is 3. The summed E-state index contributed by atoms with van der Waals surface area (Å²) >= 11 is 0. The minimum absolute atomic E-state index is 0.111. The third kappa shape index (κ3) is 11.0. The number of aromatic nitrogens is 2. The van der Waals surface area contributed by atoms with Crippen LogP contribution in [0.25, 0.3) is 176 Å². The van der Waals surface area contributed by atoms with Gasteiger partial charge in [0.15, 0.2) is 0 Å². The molecular formula is C87H52BF3N2O11S. The van der Waals surface area contributed by atoms with Crippen LogP contribution < -0.4 is 20.9 Å². The lowest BCUT2D eigenvalue weighted by molar-refractivity contribution is -0.0500. The molecule has 0 saturated heterocycles. The van der Waals surface area contributed by atoms with Gasteiger partial charge in [-0.3, -0.25) is 0 Å². The van der Waals surface area contributed by atoms with E-state index >= 15 is 0 Å². The molecule has 0 amide bonds. The molecule has 13 nitrogen and oxygen atoms in total. The number of nitrogens with zero attached hydrogens (tertiary/aromatic N) is 2. The number of furan rings is 2. The van der Waals surface area contributed by atoms with E-state index in [-0.39, 0.29) is 16.6 Å². The molecule has 0 atom stereocenters. The molecular weight excluding hydrogens is 1350 g/mol. The molecule has 14 aromatic carbocycles. The average molecular weight is 1400 g/mol. The van der Waals surface area contributed by atoms with Crippen LogP contribution in [0.3, 0.4) is 0 Å². The summed E-state index contributed by atoms with van der Waals surface area (Å²) in [5, 5.41) is 30.0. The van der Waals surface area contributed by atoms with Crippen molar-refractivity contribution < 1.29 is 53.5 Å². The molecule has 20 aromatic rings. The van der Waals surface area contributed by atoms with Gasteiger partial charge in [0.1, 0.15) is 39.2 Å². The summed E-state index contributed by atoms with van der Waals surface area (Å²) < 4.78 is 93.0. The molecule has 6 heterocycles. The fraction of sp³-hybridized carbons (Fsp3) is 0.0115. The van der Waals surface area contributed by atoms with E-state index in [2.05, 4.69) is 147 Å².